The third-order valence-corrected chi connectivity index (χ3v) is 5.72. The number of urea groups is 1. The summed E-state index contributed by atoms with van der Waals surface area (Å²) in [7, 11) is 0. The van der Waals surface area contributed by atoms with Gasteiger partial charge in [-0.25, -0.2) is 19.4 Å². The van der Waals surface area contributed by atoms with E-state index in [0.29, 0.717) is 16.8 Å². The number of alkyl halides is 3. The zero-order valence-electron chi connectivity index (χ0n) is 21.8. The van der Waals surface area contributed by atoms with Crippen LogP contribution in [0.25, 0.3) is 16.7 Å². The van der Waals surface area contributed by atoms with Gasteiger partial charge in [-0.05, 0) is 61.9 Å². The summed E-state index contributed by atoms with van der Waals surface area (Å²) in [6.07, 6.45) is -2.02. The lowest BCUT2D eigenvalue weighted by Gasteiger charge is -2.15. The first-order chi connectivity index (χ1) is 19.5. The Morgan fingerprint density at radius 2 is 1.68 bits per heavy atom. The number of carbonyl (C=O) groups is 3. The van der Waals surface area contributed by atoms with Crippen molar-refractivity contribution < 1.29 is 37.0 Å². The van der Waals surface area contributed by atoms with E-state index in [2.05, 4.69) is 20.6 Å². The number of ether oxygens (including phenoxy) is 2. The first kappa shape index (κ1) is 28.9. The molecule has 2 aromatic carbocycles. The maximum absolute atomic E-state index is 14.0. The van der Waals surface area contributed by atoms with Gasteiger partial charge in [0.15, 0.2) is 0 Å². The van der Waals surface area contributed by atoms with Crippen molar-refractivity contribution in [1.29, 1.82) is 0 Å². The van der Waals surface area contributed by atoms with Crippen molar-refractivity contribution in [3.05, 3.63) is 87.6 Å². The molecule has 41 heavy (non-hydrogen) atoms. The van der Waals surface area contributed by atoms with Gasteiger partial charge in [-0.15, -0.1) is 0 Å². The molecule has 2 amide bonds. The molecule has 0 atom stereocenters. The van der Waals surface area contributed by atoms with Gasteiger partial charge in [0.05, 0.1) is 41.1 Å². The smallest absolute Gasteiger partial charge is 0.418 e. The second-order valence-corrected chi connectivity index (χ2v) is 8.55. The average Bonchev–Trinajstić information content (AvgIpc) is 3.40. The Balaban J connectivity index is 1.53. The number of rotatable bonds is 8. The summed E-state index contributed by atoms with van der Waals surface area (Å²) in [4.78, 5) is 54.5. The van der Waals surface area contributed by atoms with Crippen LogP contribution >= 0.6 is 0 Å². The lowest BCUT2D eigenvalue weighted by Crippen LogP contribution is -2.28. The summed E-state index contributed by atoms with van der Waals surface area (Å²) in [6, 6.07) is 8.81. The van der Waals surface area contributed by atoms with E-state index in [-0.39, 0.29) is 36.5 Å². The quantitative estimate of drug-likeness (QED) is 0.266. The zero-order valence-corrected chi connectivity index (χ0v) is 21.8. The first-order valence-corrected chi connectivity index (χ1v) is 12.3. The van der Waals surface area contributed by atoms with Gasteiger partial charge >= 0.3 is 24.1 Å². The van der Waals surface area contributed by atoms with Crippen molar-refractivity contribution >= 4 is 34.7 Å². The fraction of sp³-hybridized carbons (Fsp3) is 0.222. The van der Waals surface area contributed by atoms with Crippen molar-refractivity contribution in [2.45, 2.75) is 26.6 Å². The summed E-state index contributed by atoms with van der Waals surface area (Å²) in [5.41, 5.74) is -1.97. The number of benzene rings is 2. The Bertz CT molecular complexity index is 1660. The van der Waals surface area contributed by atoms with Crippen LogP contribution < -0.4 is 16.2 Å². The number of hydrogen-bond acceptors (Lipinski definition) is 7. The number of esters is 2. The molecule has 0 radical (unpaired) electrons. The molecule has 0 unspecified atom stereocenters. The Labute approximate surface area is 230 Å². The SMILES string of the molecule is CCOC(=O)c1ccc(NC(=O)NCc2ccn(-c3cc4nc(C(=O)OCC)c(=O)[nH]c4cc3C(F)(F)F)c2)cc1. The summed E-state index contributed by atoms with van der Waals surface area (Å²) in [5.74, 6) is -1.49. The number of carbonyl (C=O) groups excluding carboxylic acids is 3. The summed E-state index contributed by atoms with van der Waals surface area (Å²) in [6.45, 7) is 3.42. The summed E-state index contributed by atoms with van der Waals surface area (Å²) >= 11 is 0. The Morgan fingerprint density at radius 1 is 1.00 bits per heavy atom. The molecular formula is C27H24F3N5O6. The molecule has 2 heterocycles. The number of anilines is 1. The molecule has 0 saturated heterocycles. The van der Waals surface area contributed by atoms with Crippen LogP contribution in [-0.2, 0) is 22.2 Å². The number of H-pyrrole nitrogens is 1. The molecule has 0 saturated carbocycles. The molecule has 2 aromatic heterocycles. The Hall–Kier alpha value is -5.14. The average molecular weight is 572 g/mol. The van der Waals surface area contributed by atoms with Crippen LogP contribution in [0.15, 0.2) is 59.7 Å². The molecular weight excluding hydrogens is 547 g/mol. The molecule has 0 fully saturated rings. The van der Waals surface area contributed by atoms with Crippen molar-refractivity contribution in [3.63, 3.8) is 0 Å². The number of nitrogens with one attached hydrogen (secondary N) is 3. The molecule has 14 heteroatoms. The van der Waals surface area contributed by atoms with Gasteiger partial charge in [0.25, 0.3) is 5.56 Å². The second kappa shape index (κ2) is 11.9. The number of amides is 2. The van der Waals surface area contributed by atoms with Crippen LogP contribution in [0.3, 0.4) is 0 Å². The van der Waals surface area contributed by atoms with E-state index < -0.39 is 41.0 Å². The van der Waals surface area contributed by atoms with E-state index in [1.807, 2.05) is 0 Å². The third-order valence-electron chi connectivity index (χ3n) is 5.72. The van der Waals surface area contributed by atoms with Gasteiger partial charge < -0.3 is 29.7 Å². The number of fused-ring (bicyclic) bond motifs is 1. The standard InChI is InChI=1S/C27H24F3N5O6/c1-3-40-24(37)16-5-7-17(8-6-16)32-26(39)31-13-15-9-10-35(14-15)21-12-20-19(11-18(21)27(28,29)30)34-23(36)22(33-20)25(38)41-4-2/h5-12,14H,3-4,13H2,1-2H3,(H,34,36)(H2,31,32,39). The monoisotopic (exact) mass is 571 g/mol. The molecule has 0 spiro atoms. The molecule has 3 N–H and O–H groups in total. The van der Waals surface area contributed by atoms with Gasteiger partial charge in [0, 0.05) is 24.6 Å². The highest BCUT2D eigenvalue weighted by Gasteiger charge is 2.35. The van der Waals surface area contributed by atoms with Crippen molar-refractivity contribution in [2.24, 2.45) is 0 Å². The van der Waals surface area contributed by atoms with Crippen LogP contribution in [0, 0.1) is 0 Å². The number of hydrogen-bond donors (Lipinski definition) is 3. The highest BCUT2D eigenvalue weighted by atomic mass is 19.4. The zero-order chi connectivity index (χ0) is 29.7. The van der Waals surface area contributed by atoms with Crippen molar-refractivity contribution in [2.75, 3.05) is 18.5 Å². The molecule has 0 aliphatic carbocycles. The predicted molar refractivity (Wildman–Crippen MR) is 141 cm³/mol. The number of nitrogens with zero attached hydrogens (tertiary/aromatic N) is 2. The molecule has 0 aliphatic heterocycles. The van der Waals surface area contributed by atoms with Gasteiger partial charge in [-0.3, -0.25) is 4.79 Å². The van der Waals surface area contributed by atoms with E-state index in [9.17, 15) is 32.3 Å². The van der Waals surface area contributed by atoms with E-state index >= 15 is 0 Å². The van der Waals surface area contributed by atoms with E-state index in [0.717, 1.165) is 12.1 Å². The molecule has 4 aromatic rings. The molecule has 4 rings (SSSR count). The molecule has 0 bridgehead atoms. The van der Waals surface area contributed by atoms with Gasteiger partial charge in [-0.2, -0.15) is 13.2 Å². The predicted octanol–water partition coefficient (Wildman–Crippen LogP) is 4.41. The maximum Gasteiger partial charge on any atom is 0.418 e. The van der Waals surface area contributed by atoms with Crippen LogP contribution in [-0.4, -0.2) is 45.7 Å². The lowest BCUT2D eigenvalue weighted by atomic mass is 10.1. The number of aromatic amines is 1. The van der Waals surface area contributed by atoms with Crippen LogP contribution in [0.2, 0.25) is 0 Å². The van der Waals surface area contributed by atoms with E-state index in [1.54, 1.807) is 6.92 Å². The largest absolute Gasteiger partial charge is 0.462 e. The Morgan fingerprint density at radius 3 is 2.34 bits per heavy atom. The van der Waals surface area contributed by atoms with E-state index in [1.165, 1.54) is 54.2 Å². The minimum Gasteiger partial charge on any atom is -0.462 e. The normalized spacial score (nSPS) is 11.2. The van der Waals surface area contributed by atoms with Crippen molar-refractivity contribution in [3.8, 4) is 5.69 Å². The second-order valence-electron chi connectivity index (χ2n) is 8.55. The highest BCUT2D eigenvalue weighted by molar-refractivity contribution is 5.92. The van der Waals surface area contributed by atoms with Crippen LogP contribution in [0.5, 0.6) is 0 Å². The highest BCUT2D eigenvalue weighted by Crippen LogP contribution is 2.36. The van der Waals surface area contributed by atoms with Gasteiger partial charge in [-0.1, -0.05) is 0 Å². The number of halogens is 3. The minimum absolute atomic E-state index is 0.0176. The molecule has 11 nitrogen and oxygen atoms in total. The summed E-state index contributed by atoms with van der Waals surface area (Å²) in [5, 5.41) is 5.19. The number of aromatic nitrogens is 3. The van der Waals surface area contributed by atoms with Gasteiger partial charge in [0.1, 0.15) is 0 Å². The van der Waals surface area contributed by atoms with Gasteiger partial charge in [0.2, 0.25) is 5.69 Å². The minimum atomic E-state index is -4.79. The topological polar surface area (TPSA) is 144 Å². The van der Waals surface area contributed by atoms with Crippen LogP contribution in [0.1, 0.15) is 45.8 Å². The maximum atomic E-state index is 14.0. The Kier molecular flexibility index (Phi) is 8.40. The first-order valence-electron chi connectivity index (χ1n) is 12.3. The molecule has 0 aliphatic rings. The van der Waals surface area contributed by atoms with Crippen molar-refractivity contribution in [1.82, 2.24) is 19.9 Å². The lowest BCUT2D eigenvalue weighted by molar-refractivity contribution is -0.137. The fourth-order valence-electron chi connectivity index (χ4n) is 3.86. The van der Waals surface area contributed by atoms with E-state index in [4.69, 9.17) is 9.47 Å². The van der Waals surface area contributed by atoms with Crippen LogP contribution in [0.4, 0.5) is 23.7 Å². The fourth-order valence-corrected chi connectivity index (χ4v) is 3.86. The summed E-state index contributed by atoms with van der Waals surface area (Å²) < 4.78 is 52.8. The molecule has 214 valence electrons. The third kappa shape index (κ3) is 6.72.